The number of halogens is 2. The lowest BCUT2D eigenvalue weighted by molar-refractivity contribution is 0.584. The van der Waals surface area contributed by atoms with Gasteiger partial charge in [0.25, 0.3) is 0 Å². The monoisotopic (exact) mass is 346 g/mol. The molecule has 1 aromatic heterocycles. The molecule has 2 aromatic carbocycles. The fraction of sp³-hybridized carbons (Fsp3) is 0.0667. The summed E-state index contributed by atoms with van der Waals surface area (Å²) >= 11 is 3.24. The first kappa shape index (κ1) is 13.8. The van der Waals surface area contributed by atoms with Crippen LogP contribution in [0.1, 0.15) is 5.56 Å². The van der Waals surface area contributed by atoms with E-state index in [1.54, 1.807) is 35.3 Å². The van der Waals surface area contributed by atoms with E-state index in [1.807, 2.05) is 12.1 Å². The van der Waals surface area contributed by atoms with Gasteiger partial charge in [-0.05, 0) is 24.3 Å². The number of aromatic nitrogens is 3. The summed E-state index contributed by atoms with van der Waals surface area (Å²) in [4.78, 5) is 4.24. The zero-order chi connectivity index (χ0) is 14.8. The van der Waals surface area contributed by atoms with Crippen LogP contribution >= 0.6 is 15.9 Å². The molecular weight excluding hydrogens is 335 g/mol. The second-order valence-electron chi connectivity index (χ2n) is 4.63. The van der Waals surface area contributed by atoms with Crippen molar-refractivity contribution in [1.29, 1.82) is 0 Å². The van der Waals surface area contributed by atoms with Crippen LogP contribution in [0.3, 0.4) is 0 Å². The summed E-state index contributed by atoms with van der Waals surface area (Å²) in [6.45, 7) is 0.328. The Morgan fingerprint density at radius 1 is 1.19 bits per heavy atom. The average Bonchev–Trinajstić information content (AvgIpc) is 2.91. The van der Waals surface area contributed by atoms with Crippen molar-refractivity contribution in [3.63, 3.8) is 0 Å². The molecule has 0 atom stereocenters. The Bertz CT molecular complexity index is 785. The van der Waals surface area contributed by atoms with Crippen LogP contribution in [0.5, 0.6) is 0 Å². The Balaban J connectivity index is 1.85. The van der Waals surface area contributed by atoms with Crippen molar-refractivity contribution in [3.8, 4) is 11.4 Å². The van der Waals surface area contributed by atoms with Crippen LogP contribution in [0.4, 0.5) is 10.1 Å². The first-order valence-corrected chi connectivity index (χ1v) is 7.10. The number of benzene rings is 2. The zero-order valence-corrected chi connectivity index (χ0v) is 12.6. The Kier molecular flexibility index (Phi) is 3.70. The van der Waals surface area contributed by atoms with Crippen molar-refractivity contribution in [3.05, 3.63) is 64.6 Å². The predicted molar refractivity (Wildman–Crippen MR) is 83.1 cm³/mol. The topological polar surface area (TPSA) is 56.7 Å². The number of rotatable bonds is 3. The Hall–Kier alpha value is -2.21. The minimum atomic E-state index is -0.273. The van der Waals surface area contributed by atoms with Gasteiger partial charge in [0, 0.05) is 21.3 Å². The summed E-state index contributed by atoms with van der Waals surface area (Å²) in [6, 6.07) is 12.3. The fourth-order valence-corrected chi connectivity index (χ4v) is 2.34. The van der Waals surface area contributed by atoms with Gasteiger partial charge in [0.1, 0.15) is 12.1 Å². The van der Waals surface area contributed by atoms with Crippen LogP contribution in [0.15, 0.2) is 53.3 Å². The number of nitrogens with two attached hydrogens (primary N) is 1. The standard InChI is InChI=1S/C15H12BrFN4/c16-12-5-4-11(14(17)7-12)8-21-9-19-15(20-21)10-2-1-3-13(18)6-10/h1-7,9H,8,18H2. The molecular formula is C15H12BrFN4. The highest BCUT2D eigenvalue weighted by molar-refractivity contribution is 9.10. The molecule has 0 spiro atoms. The van der Waals surface area contributed by atoms with E-state index in [1.165, 1.54) is 6.07 Å². The molecule has 0 bridgehead atoms. The number of nitrogens with zero attached hydrogens (tertiary/aromatic N) is 3. The number of hydrogen-bond donors (Lipinski definition) is 1. The fourth-order valence-electron chi connectivity index (χ4n) is 2.01. The lowest BCUT2D eigenvalue weighted by atomic mass is 10.2. The second-order valence-corrected chi connectivity index (χ2v) is 5.54. The third kappa shape index (κ3) is 3.11. The molecule has 0 aliphatic carbocycles. The average molecular weight is 347 g/mol. The van der Waals surface area contributed by atoms with E-state index in [0.717, 1.165) is 5.56 Å². The van der Waals surface area contributed by atoms with Gasteiger partial charge in [-0.25, -0.2) is 14.1 Å². The number of hydrogen-bond acceptors (Lipinski definition) is 3. The summed E-state index contributed by atoms with van der Waals surface area (Å²) in [5.41, 5.74) is 7.79. The van der Waals surface area contributed by atoms with Gasteiger partial charge in [0.2, 0.25) is 0 Å². The van der Waals surface area contributed by atoms with Gasteiger partial charge in [-0.1, -0.05) is 34.1 Å². The van der Waals surface area contributed by atoms with Gasteiger partial charge in [0.05, 0.1) is 6.54 Å². The molecule has 106 valence electrons. The minimum Gasteiger partial charge on any atom is -0.399 e. The highest BCUT2D eigenvalue weighted by atomic mass is 79.9. The maximum atomic E-state index is 13.8. The quantitative estimate of drug-likeness (QED) is 0.738. The summed E-state index contributed by atoms with van der Waals surface area (Å²) < 4.78 is 16.1. The molecule has 1 heterocycles. The molecule has 0 fully saturated rings. The van der Waals surface area contributed by atoms with E-state index in [-0.39, 0.29) is 5.82 Å². The lowest BCUT2D eigenvalue weighted by Gasteiger charge is -2.03. The molecule has 6 heteroatoms. The van der Waals surface area contributed by atoms with Crippen molar-refractivity contribution in [2.75, 3.05) is 5.73 Å². The summed E-state index contributed by atoms with van der Waals surface area (Å²) in [7, 11) is 0. The highest BCUT2D eigenvalue weighted by Gasteiger charge is 2.07. The third-order valence-corrected chi connectivity index (χ3v) is 3.52. The van der Waals surface area contributed by atoms with Crippen molar-refractivity contribution in [1.82, 2.24) is 14.8 Å². The van der Waals surface area contributed by atoms with Crippen LogP contribution in [-0.4, -0.2) is 14.8 Å². The Morgan fingerprint density at radius 2 is 2.05 bits per heavy atom. The summed E-state index contributed by atoms with van der Waals surface area (Å²) in [6.07, 6.45) is 1.58. The van der Waals surface area contributed by atoms with E-state index < -0.39 is 0 Å². The van der Waals surface area contributed by atoms with Crippen molar-refractivity contribution in [2.45, 2.75) is 6.54 Å². The molecule has 0 unspecified atom stereocenters. The first-order valence-electron chi connectivity index (χ1n) is 6.31. The normalized spacial score (nSPS) is 10.8. The predicted octanol–water partition coefficient (Wildman–Crippen LogP) is 3.48. The van der Waals surface area contributed by atoms with Gasteiger partial charge in [0.15, 0.2) is 5.82 Å². The van der Waals surface area contributed by atoms with Crippen LogP contribution in [-0.2, 0) is 6.54 Å². The van der Waals surface area contributed by atoms with E-state index in [2.05, 4.69) is 26.0 Å². The van der Waals surface area contributed by atoms with Crippen molar-refractivity contribution in [2.24, 2.45) is 0 Å². The number of anilines is 1. The molecule has 3 rings (SSSR count). The molecule has 0 aliphatic rings. The maximum Gasteiger partial charge on any atom is 0.181 e. The minimum absolute atomic E-state index is 0.273. The van der Waals surface area contributed by atoms with E-state index in [0.29, 0.717) is 28.1 Å². The summed E-state index contributed by atoms with van der Waals surface area (Å²) in [5, 5.41) is 4.35. The molecule has 0 saturated carbocycles. The number of nitrogen functional groups attached to an aromatic ring is 1. The largest absolute Gasteiger partial charge is 0.399 e. The smallest absolute Gasteiger partial charge is 0.181 e. The van der Waals surface area contributed by atoms with Gasteiger partial charge in [-0.3, -0.25) is 0 Å². The molecule has 4 nitrogen and oxygen atoms in total. The highest BCUT2D eigenvalue weighted by Crippen LogP contribution is 2.19. The molecule has 0 saturated heterocycles. The molecule has 0 amide bonds. The summed E-state index contributed by atoms with van der Waals surface area (Å²) in [5.74, 6) is 0.296. The SMILES string of the molecule is Nc1cccc(-c2ncn(Cc3ccc(Br)cc3F)n2)c1. The van der Waals surface area contributed by atoms with Crippen LogP contribution in [0.25, 0.3) is 11.4 Å². The van der Waals surface area contributed by atoms with Gasteiger partial charge in [-0.2, -0.15) is 5.10 Å². The van der Waals surface area contributed by atoms with E-state index in [4.69, 9.17) is 5.73 Å². The lowest BCUT2D eigenvalue weighted by Crippen LogP contribution is -2.02. The van der Waals surface area contributed by atoms with Gasteiger partial charge < -0.3 is 5.73 Å². The Labute approximate surface area is 129 Å². The second kappa shape index (κ2) is 5.65. The third-order valence-electron chi connectivity index (χ3n) is 3.03. The zero-order valence-electron chi connectivity index (χ0n) is 11.0. The van der Waals surface area contributed by atoms with Crippen molar-refractivity contribution < 1.29 is 4.39 Å². The maximum absolute atomic E-state index is 13.8. The van der Waals surface area contributed by atoms with Crippen molar-refractivity contribution >= 4 is 21.6 Å². The van der Waals surface area contributed by atoms with Gasteiger partial charge >= 0.3 is 0 Å². The first-order chi connectivity index (χ1) is 10.1. The van der Waals surface area contributed by atoms with E-state index in [9.17, 15) is 4.39 Å². The van der Waals surface area contributed by atoms with Crippen LogP contribution in [0, 0.1) is 5.82 Å². The molecule has 0 radical (unpaired) electrons. The molecule has 21 heavy (non-hydrogen) atoms. The molecule has 3 aromatic rings. The van der Waals surface area contributed by atoms with Crippen LogP contribution in [0.2, 0.25) is 0 Å². The van der Waals surface area contributed by atoms with Crippen LogP contribution < -0.4 is 5.73 Å². The molecule has 2 N–H and O–H groups in total. The van der Waals surface area contributed by atoms with E-state index >= 15 is 0 Å². The Morgan fingerprint density at radius 3 is 2.81 bits per heavy atom. The molecule has 0 aliphatic heterocycles. The van der Waals surface area contributed by atoms with Gasteiger partial charge in [-0.15, -0.1) is 0 Å².